The van der Waals surface area contributed by atoms with Crippen LogP contribution in [0.15, 0.2) is 16.8 Å². The van der Waals surface area contributed by atoms with Crippen LogP contribution in [0.3, 0.4) is 0 Å². The molecule has 0 aliphatic carbocycles. The first-order chi connectivity index (χ1) is 7.59. The number of hydrogen-bond donors (Lipinski definition) is 1. The molecule has 1 aromatic heterocycles. The largest absolute Gasteiger partial charge is 0.481 e. The SMILES string of the molecule is CC(C)N(CCC(=O)O)CCc1ccsc1. The standard InChI is InChI=1S/C12H19NO2S/c1-10(2)13(7-4-12(14)15)6-3-11-5-8-16-9-11/h5,8-10H,3-4,6-7H2,1-2H3,(H,14,15). The summed E-state index contributed by atoms with van der Waals surface area (Å²) in [4.78, 5) is 12.7. The summed E-state index contributed by atoms with van der Waals surface area (Å²) >= 11 is 1.71. The van der Waals surface area contributed by atoms with Gasteiger partial charge in [-0.2, -0.15) is 11.3 Å². The highest BCUT2D eigenvalue weighted by atomic mass is 32.1. The fourth-order valence-corrected chi connectivity index (χ4v) is 2.28. The van der Waals surface area contributed by atoms with Crippen LogP contribution in [0, 0.1) is 0 Å². The Morgan fingerprint density at radius 3 is 2.75 bits per heavy atom. The van der Waals surface area contributed by atoms with Crippen molar-refractivity contribution in [2.75, 3.05) is 13.1 Å². The number of hydrogen-bond acceptors (Lipinski definition) is 3. The third kappa shape index (κ3) is 4.77. The Hall–Kier alpha value is -0.870. The Labute approximate surface area is 101 Å². The van der Waals surface area contributed by atoms with Crippen LogP contribution < -0.4 is 0 Å². The summed E-state index contributed by atoms with van der Waals surface area (Å²) in [5.74, 6) is -0.721. The first-order valence-corrected chi connectivity index (χ1v) is 6.51. The van der Waals surface area contributed by atoms with E-state index in [2.05, 4.69) is 35.6 Å². The lowest BCUT2D eigenvalue weighted by Gasteiger charge is -2.25. The predicted octanol–water partition coefficient (Wildman–Crippen LogP) is 2.48. The zero-order chi connectivity index (χ0) is 12.0. The van der Waals surface area contributed by atoms with Crippen molar-refractivity contribution in [1.82, 2.24) is 4.90 Å². The van der Waals surface area contributed by atoms with Crippen LogP contribution >= 0.6 is 11.3 Å². The number of carboxylic acids is 1. The average Bonchev–Trinajstić information content (AvgIpc) is 2.69. The summed E-state index contributed by atoms with van der Waals surface area (Å²) in [6.45, 7) is 5.78. The summed E-state index contributed by atoms with van der Waals surface area (Å²) in [6.07, 6.45) is 1.23. The van der Waals surface area contributed by atoms with E-state index in [0.29, 0.717) is 12.6 Å². The number of nitrogens with zero attached hydrogens (tertiary/aromatic N) is 1. The Kier molecular flexibility index (Phi) is 5.49. The molecular weight excluding hydrogens is 222 g/mol. The molecule has 0 amide bonds. The summed E-state index contributed by atoms with van der Waals surface area (Å²) < 4.78 is 0. The Morgan fingerprint density at radius 2 is 2.25 bits per heavy atom. The lowest BCUT2D eigenvalue weighted by molar-refractivity contribution is -0.137. The minimum Gasteiger partial charge on any atom is -0.481 e. The molecule has 0 aliphatic heterocycles. The molecule has 0 unspecified atom stereocenters. The smallest absolute Gasteiger partial charge is 0.304 e. The van der Waals surface area contributed by atoms with Crippen LogP contribution in [0.1, 0.15) is 25.8 Å². The Balaban J connectivity index is 2.36. The molecule has 1 heterocycles. The van der Waals surface area contributed by atoms with Crippen molar-refractivity contribution in [3.05, 3.63) is 22.4 Å². The fraction of sp³-hybridized carbons (Fsp3) is 0.583. The van der Waals surface area contributed by atoms with E-state index in [9.17, 15) is 4.79 Å². The topological polar surface area (TPSA) is 40.5 Å². The molecule has 0 aliphatic rings. The molecule has 16 heavy (non-hydrogen) atoms. The molecule has 1 rings (SSSR count). The fourth-order valence-electron chi connectivity index (χ4n) is 1.58. The normalized spacial score (nSPS) is 11.2. The molecule has 0 spiro atoms. The van der Waals surface area contributed by atoms with E-state index in [-0.39, 0.29) is 6.42 Å². The minimum atomic E-state index is -0.721. The summed E-state index contributed by atoms with van der Waals surface area (Å²) in [5, 5.41) is 12.9. The van der Waals surface area contributed by atoms with Gasteiger partial charge in [0.25, 0.3) is 0 Å². The lowest BCUT2D eigenvalue weighted by Crippen LogP contribution is -2.34. The molecular formula is C12H19NO2S. The van der Waals surface area contributed by atoms with Crippen molar-refractivity contribution in [2.45, 2.75) is 32.7 Å². The van der Waals surface area contributed by atoms with Gasteiger partial charge < -0.3 is 10.0 Å². The molecule has 3 nitrogen and oxygen atoms in total. The number of rotatable bonds is 7. The van der Waals surface area contributed by atoms with Gasteiger partial charge in [-0.1, -0.05) is 0 Å². The van der Waals surface area contributed by atoms with Crippen LogP contribution in [0.2, 0.25) is 0 Å². The maximum absolute atomic E-state index is 10.5. The highest BCUT2D eigenvalue weighted by Gasteiger charge is 2.11. The second-order valence-electron chi connectivity index (χ2n) is 4.16. The van der Waals surface area contributed by atoms with Gasteiger partial charge in [-0.05, 0) is 42.7 Å². The Bertz CT molecular complexity index is 309. The maximum atomic E-state index is 10.5. The minimum absolute atomic E-state index is 0.224. The van der Waals surface area contributed by atoms with E-state index < -0.39 is 5.97 Å². The van der Waals surface area contributed by atoms with E-state index in [1.165, 1.54) is 5.56 Å². The van der Waals surface area contributed by atoms with Gasteiger partial charge in [0, 0.05) is 19.1 Å². The average molecular weight is 241 g/mol. The van der Waals surface area contributed by atoms with Crippen molar-refractivity contribution in [3.63, 3.8) is 0 Å². The second kappa shape index (κ2) is 6.66. The van der Waals surface area contributed by atoms with E-state index in [0.717, 1.165) is 13.0 Å². The first-order valence-electron chi connectivity index (χ1n) is 5.56. The van der Waals surface area contributed by atoms with Crippen LogP contribution in [0.4, 0.5) is 0 Å². The number of carbonyl (C=O) groups is 1. The highest BCUT2D eigenvalue weighted by molar-refractivity contribution is 7.07. The maximum Gasteiger partial charge on any atom is 0.304 e. The van der Waals surface area contributed by atoms with E-state index in [1.54, 1.807) is 11.3 Å². The second-order valence-corrected chi connectivity index (χ2v) is 4.94. The van der Waals surface area contributed by atoms with Crippen LogP contribution in [0.5, 0.6) is 0 Å². The molecule has 0 aromatic carbocycles. The molecule has 0 fully saturated rings. The van der Waals surface area contributed by atoms with E-state index >= 15 is 0 Å². The van der Waals surface area contributed by atoms with Crippen molar-refractivity contribution >= 4 is 17.3 Å². The molecule has 0 atom stereocenters. The van der Waals surface area contributed by atoms with Gasteiger partial charge in [-0.15, -0.1) is 0 Å². The molecule has 0 saturated carbocycles. The molecule has 0 radical (unpaired) electrons. The number of aliphatic carboxylic acids is 1. The van der Waals surface area contributed by atoms with Gasteiger partial charge in [0.1, 0.15) is 0 Å². The van der Waals surface area contributed by atoms with Gasteiger partial charge in [-0.3, -0.25) is 4.79 Å². The monoisotopic (exact) mass is 241 g/mol. The van der Waals surface area contributed by atoms with Gasteiger partial charge in [-0.25, -0.2) is 0 Å². The Morgan fingerprint density at radius 1 is 1.50 bits per heavy atom. The lowest BCUT2D eigenvalue weighted by atomic mass is 10.2. The highest BCUT2D eigenvalue weighted by Crippen LogP contribution is 2.09. The predicted molar refractivity (Wildman–Crippen MR) is 67.0 cm³/mol. The number of thiophene rings is 1. The molecule has 1 aromatic rings. The number of carboxylic acid groups (broad SMARTS) is 1. The molecule has 4 heteroatoms. The molecule has 0 saturated heterocycles. The van der Waals surface area contributed by atoms with E-state index in [1.807, 2.05) is 0 Å². The molecule has 1 N–H and O–H groups in total. The third-order valence-corrected chi connectivity index (χ3v) is 3.34. The van der Waals surface area contributed by atoms with Gasteiger partial charge in [0.2, 0.25) is 0 Å². The third-order valence-electron chi connectivity index (χ3n) is 2.61. The molecule has 0 bridgehead atoms. The van der Waals surface area contributed by atoms with Crippen molar-refractivity contribution in [2.24, 2.45) is 0 Å². The summed E-state index contributed by atoms with van der Waals surface area (Å²) in [7, 11) is 0. The van der Waals surface area contributed by atoms with Gasteiger partial charge in [0.15, 0.2) is 0 Å². The van der Waals surface area contributed by atoms with Crippen molar-refractivity contribution in [3.8, 4) is 0 Å². The zero-order valence-electron chi connectivity index (χ0n) is 9.85. The summed E-state index contributed by atoms with van der Waals surface area (Å²) in [5.41, 5.74) is 1.34. The summed E-state index contributed by atoms with van der Waals surface area (Å²) in [6, 6.07) is 2.53. The quantitative estimate of drug-likeness (QED) is 0.797. The van der Waals surface area contributed by atoms with Gasteiger partial charge in [0.05, 0.1) is 6.42 Å². The van der Waals surface area contributed by atoms with E-state index in [4.69, 9.17) is 5.11 Å². The van der Waals surface area contributed by atoms with Crippen molar-refractivity contribution in [1.29, 1.82) is 0 Å². The molecule has 90 valence electrons. The first kappa shape index (κ1) is 13.2. The van der Waals surface area contributed by atoms with Crippen LogP contribution in [0.25, 0.3) is 0 Å². The van der Waals surface area contributed by atoms with Gasteiger partial charge >= 0.3 is 5.97 Å². The van der Waals surface area contributed by atoms with Crippen LogP contribution in [-0.4, -0.2) is 35.1 Å². The zero-order valence-corrected chi connectivity index (χ0v) is 10.7. The van der Waals surface area contributed by atoms with Crippen molar-refractivity contribution < 1.29 is 9.90 Å². The van der Waals surface area contributed by atoms with Crippen LogP contribution in [-0.2, 0) is 11.2 Å².